The number of imide groups is 1. The fraction of sp³-hybridized carbons (Fsp3) is 0.182. The highest BCUT2D eigenvalue weighted by molar-refractivity contribution is 8.01. The minimum absolute atomic E-state index is 0.0150. The summed E-state index contributed by atoms with van der Waals surface area (Å²) < 4.78 is 5.00. The van der Waals surface area contributed by atoms with Crippen LogP contribution in [0.3, 0.4) is 0 Å². The van der Waals surface area contributed by atoms with Gasteiger partial charge in [0.25, 0.3) is 0 Å². The lowest BCUT2D eigenvalue weighted by atomic mass is 10.1. The highest BCUT2D eigenvalue weighted by Gasteiger charge is 2.40. The second-order valence-electron chi connectivity index (χ2n) is 7.03. The Kier molecular flexibility index (Phi) is 6.55. The highest BCUT2D eigenvalue weighted by atomic mass is 35.5. The monoisotopic (exact) mass is 490 g/mol. The van der Waals surface area contributed by atoms with Crippen molar-refractivity contribution in [2.75, 3.05) is 17.3 Å². The second kappa shape index (κ2) is 9.36. The lowest BCUT2D eigenvalue weighted by Crippen LogP contribution is -2.31. The zero-order valence-electron chi connectivity index (χ0n) is 16.5. The van der Waals surface area contributed by atoms with Crippen LogP contribution in [-0.2, 0) is 19.1 Å². The zero-order valence-corrected chi connectivity index (χ0v) is 18.8. The Morgan fingerprint density at radius 3 is 2.72 bits per heavy atom. The van der Waals surface area contributed by atoms with E-state index in [2.05, 4.69) is 4.98 Å². The lowest BCUT2D eigenvalue weighted by molar-refractivity contribution is -0.139. The van der Waals surface area contributed by atoms with Gasteiger partial charge in [-0.2, -0.15) is 0 Å². The third-order valence-electron chi connectivity index (χ3n) is 4.90. The first-order valence-electron chi connectivity index (χ1n) is 9.53. The number of anilines is 1. The van der Waals surface area contributed by atoms with Crippen LogP contribution in [0.4, 0.5) is 5.69 Å². The number of hydrogen-bond donors (Lipinski definition) is 1. The van der Waals surface area contributed by atoms with Crippen LogP contribution in [0.25, 0.3) is 10.9 Å². The number of benzene rings is 2. The number of fused-ring (bicyclic) bond motifs is 1. The van der Waals surface area contributed by atoms with E-state index in [4.69, 9.17) is 27.9 Å². The summed E-state index contributed by atoms with van der Waals surface area (Å²) in [5.41, 5.74) is 1.49. The average Bonchev–Trinajstić information content (AvgIpc) is 3.33. The highest BCUT2D eigenvalue weighted by Crippen LogP contribution is 2.31. The largest absolute Gasteiger partial charge is 0.457 e. The molecule has 0 spiro atoms. The van der Waals surface area contributed by atoms with Crippen LogP contribution in [0.1, 0.15) is 16.8 Å². The summed E-state index contributed by atoms with van der Waals surface area (Å²) in [5, 5.41) is 0.824. The third kappa shape index (κ3) is 4.67. The van der Waals surface area contributed by atoms with Crippen molar-refractivity contribution in [2.24, 2.45) is 0 Å². The number of Topliss-reactive ketones (excluding diaryl/α,β-unsaturated/α-hetero) is 1. The molecule has 3 aromatic rings. The summed E-state index contributed by atoms with van der Waals surface area (Å²) in [6, 6.07) is 11.6. The fourth-order valence-corrected chi connectivity index (χ4v) is 4.77. The van der Waals surface area contributed by atoms with Crippen molar-refractivity contribution in [1.29, 1.82) is 0 Å². The summed E-state index contributed by atoms with van der Waals surface area (Å²) in [6.07, 6.45) is 1.76. The summed E-state index contributed by atoms with van der Waals surface area (Å²) in [6.45, 7) is -0.486. The molecule has 0 aliphatic carbocycles. The molecule has 1 N–H and O–H groups in total. The maximum absolute atomic E-state index is 12.8. The van der Waals surface area contributed by atoms with E-state index in [1.807, 2.05) is 12.1 Å². The van der Waals surface area contributed by atoms with Gasteiger partial charge in [0.2, 0.25) is 17.6 Å². The van der Waals surface area contributed by atoms with Gasteiger partial charge < -0.3 is 9.72 Å². The Labute approximate surface area is 197 Å². The van der Waals surface area contributed by atoms with E-state index < -0.39 is 23.6 Å². The molecule has 10 heteroatoms. The number of nitrogens with one attached hydrogen (secondary N) is 1. The normalized spacial score (nSPS) is 16.1. The predicted molar refractivity (Wildman–Crippen MR) is 123 cm³/mol. The summed E-state index contributed by atoms with van der Waals surface area (Å²) in [4.78, 5) is 53.6. The summed E-state index contributed by atoms with van der Waals surface area (Å²) in [5.74, 6) is -2.03. The van der Waals surface area contributed by atoms with Crippen molar-refractivity contribution in [1.82, 2.24) is 4.98 Å². The van der Waals surface area contributed by atoms with Crippen LogP contribution in [0.15, 0.2) is 48.7 Å². The minimum Gasteiger partial charge on any atom is -0.457 e. The van der Waals surface area contributed by atoms with Crippen molar-refractivity contribution in [3.05, 3.63) is 64.3 Å². The minimum atomic E-state index is -0.698. The summed E-state index contributed by atoms with van der Waals surface area (Å²) >= 11 is 12.8. The lowest BCUT2D eigenvalue weighted by Gasteiger charge is -2.15. The Morgan fingerprint density at radius 1 is 1.12 bits per heavy atom. The van der Waals surface area contributed by atoms with Gasteiger partial charge in [0, 0.05) is 28.7 Å². The molecule has 2 heterocycles. The number of H-pyrrole nitrogens is 1. The van der Waals surface area contributed by atoms with Crippen LogP contribution < -0.4 is 4.90 Å². The van der Waals surface area contributed by atoms with Crippen molar-refractivity contribution in [3.8, 4) is 0 Å². The van der Waals surface area contributed by atoms with Gasteiger partial charge in [-0.3, -0.25) is 19.2 Å². The first kappa shape index (κ1) is 22.4. The number of aromatic amines is 1. The standard InChI is InChI=1S/C22H16Cl2N2O5S/c23-13-2-4-15(16(24)7-13)18(27)10-31-21(29)11-32-19-9-20(28)26(22(19)30)14-3-1-12-5-6-25-17(12)8-14/h1-8,19,25H,9-11H2. The van der Waals surface area contributed by atoms with Crippen LogP contribution >= 0.6 is 35.0 Å². The fourth-order valence-electron chi connectivity index (χ4n) is 3.33. The van der Waals surface area contributed by atoms with Crippen LogP contribution in [0.5, 0.6) is 0 Å². The maximum Gasteiger partial charge on any atom is 0.316 e. The molecule has 0 bridgehead atoms. The van der Waals surface area contributed by atoms with Gasteiger partial charge in [0.1, 0.15) is 0 Å². The summed E-state index contributed by atoms with van der Waals surface area (Å²) in [7, 11) is 0. The van der Waals surface area contributed by atoms with Crippen molar-refractivity contribution in [2.45, 2.75) is 11.7 Å². The van der Waals surface area contributed by atoms with E-state index in [-0.39, 0.29) is 34.6 Å². The topological polar surface area (TPSA) is 96.5 Å². The van der Waals surface area contributed by atoms with Gasteiger partial charge in [-0.15, -0.1) is 11.8 Å². The van der Waals surface area contributed by atoms with Gasteiger partial charge >= 0.3 is 5.97 Å². The molecule has 4 rings (SSSR count). The smallest absolute Gasteiger partial charge is 0.316 e. The van der Waals surface area contributed by atoms with Gasteiger partial charge in [0.05, 0.1) is 21.7 Å². The number of amides is 2. The predicted octanol–water partition coefficient (Wildman–Crippen LogP) is 4.27. The quantitative estimate of drug-likeness (QED) is 0.301. The molecule has 1 aromatic heterocycles. The molecule has 1 unspecified atom stereocenters. The molecule has 1 saturated heterocycles. The molecule has 0 saturated carbocycles. The number of ketones is 1. The SMILES string of the molecule is O=C(CSC1CC(=O)N(c2ccc3cc[nH]c3c2)C1=O)OCC(=O)c1ccc(Cl)cc1Cl. The van der Waals surface area contributed by atoms with E-state index in [0.29, 0.717) is 10.7 Å². The van der Waals surface area contributed by atoms with Gasteiger partial charge in [-0.05, 0) is 41.8 Å². The first-order chi connectivity index (χ1) is 15.3. The number of carbonyl (C=O) groups excluding carboxylic acids is 4. The van der Waals surface area contributed by atoms with E-state index >= 15 is 0 Å². The number of aromatic nitrogens is 1. The van der Waals surface area contributed by atoms with Crippen LogP contribution in [0.2, 0.25) is 10.0 Å². The number of carbonyl (C=O) groups is 4. The van der Waals surface area contributed by atoms with Crippen molar-refractivity contribution < 1.29 is 23.9 Å². The van der Waals surface area contributed by atoms with E-state index in [0.717, 1.165) is 27.6 Å². The molecular formula is C22H16Cl2N2O5S. The second-order valence-corrected chi connectivity index (χ2v) is 9.06. The molecule has 2 amide bonds. The maximum atomic E-state index is 12.8. The molecule has 1 atom stereocenters. The third-order valence-corrected chi connectivity index (χ3v) is 6.62. The Balaban J connectivity index is 1.31. The number of thioether (sulfide) groups is 1. The number of nitrogens with zero attached hydrogens (tertiary/aromatic N) is 1. The molecule has 32 heavy (non-hydrogen) atoms. The molecule has 164 valence electrons. The molecular weight excluding hydrogens is 475 g/mol. The molecule has 0 radical (unpaired) electrons. The van der Waals surface area contributed by atoms with Gasteiger partial charge in [0.15, 0.2) is 6.61 Å². The molecule has 7 nitrogen and oxygen atoms in total. The Bertz CT molecular complexity index is 1240. The molecule has 1 aliphatic rings. The molecule has 1 fully saturated rings. The van der Waals surface area contributed by atoms with E-state index in [1.165, 1.54) is 18.2 Å². The van der Waals surface area contributed by atoms with Crippen LogP contribution in [-0.4, -0.2) is 46.2 Å². The number of esters is 1. The van der Waals surface area contributed by atoms with Gasteiger partial charge in [-0.1, -0.05) is 29.3 Å². The number of ether oxygens (including phenoxy) is 1. The van der Waals surface area contributed by atoms with E-state index in [9.17, 15) is 19.2 Å². The number of rotatable bonds is 7. The van der Waals surface area contributed by atoms with Gasteiger partial charge in [-0.25, -0.2) is 4.90 Å². The van der Waals surface area contributed by atoms with Crippen molar-refractivity contribution in [3.63, 3.8) is 0 Å². The van der Waals surface area contributed by atoms with E-state index in [1.54, 1.807) is 18.3 Å². The first-order valence-corrected chi connectivity index (χ1v) is 11.3. The Hall–Kier alpha value is -2.81. The number of halogens is 2. The van der Waals surface area contributed by atoms with Crippen molar-refractivity contribution >= 4 is 75.1 Å². The molecule has 2 aromatic carbocycles. The zero-order chi connectivity index (χ0) is 22.8. The van der Waals surface area contributed by atoms with Crippen LogP contribution in [0, 0.1) is 0 Å². The Morgan fingerprint density at radius 2 is 1.94 bits per heavy atom. The number of hydrogen-bond acceptors (Lipinski definition) is 6. The molecule has 1 aliphatic heterocycles. The average molecular weight is 491 g/mol.